The highest BCUT2D eigenvalue weighted by Crippen LogP contribution is 2.32. The molecule has 1 aromatic heterocycles. The molecule has 0 spiro atoms. The van der Waals surface area contributed by atoms with E-state index in [1.807, 2.05) is 0 Å². The number of rotatable bonds is 3. The molecule has 0 aliphatic heterocycles. The first-order valence-electron chi connectivity index (χ1n) is 3.72. The summed E-state index contributed by atoms with van der Waals surface area (Å²) < 4.78 is 30.2. The van der Waals surface area contributed by atoms with Crippen LogP contribution < -0.4 is 4.74 Å². The van der Waals surface area contributed by atoms with Crippen molar-refractivity contribution in [2.45, 2.75) is 13.0 Å². The van der Waals surface area contributed by atoms with E-state index in [1.165, 1.54) is 13.3 Å². The minimum atomic E-state index is -2.66. The van der Waals surface area contributed by atoms with Gasteiger partial charge in [0.05, 0.1) is 25.5 Å². The molecular weight excluding hydrogens is 307 g/mol. The molecule has 0 aromatic carbocycles. The van der Waals surface area contributed by atoms with Crippen molar-refractivity contribution >= 4 is 22.6 Å². The van der Waals surface area contributed by atoms with E-state index in [0.29, 0.717) is 0 Å². The van der Waals surface area contributed by atoms with Crippen molar-refractivity contribution < 1.29 is 18.6 Å². The van der Waals surface area contributed by atoms with Crippen LogP contribution in [0.3, 0.4) is 0 Å². The highest BCUT2D eigenvalue weighted by molar-refractivity contribution is 14.1. The lowest BCUT2D eigenvalue weighted by Crippen LogP contribution is -2.03. The number of halogens is 3. The molecule has 0 saturated heterocycles. The molecule has 0 amide bonds. The molecule has 78 valence electrons. The molecule has 1 heterocycles. The second-order valence-electron chi connectivity index (χ2n) is 2.47. The lowest BCUT2D eigenvalue weighted by molar-refractivity contribution is 0.144. The number of pyridine rings is 1. The van der Waals surface area contributed by atoms with Crippen molar-refractivity contribution in [1.82, 2.24) is 4.98 Å². The molecule has 1 aromatic rings. The van der Waals surface area contributed by atoms with Gasteiger partial charge < -0.3 is 9.84 Å². The van der Waals surface area contributed by atoms with Gasteiger partial charge in [-0.05, 0) is 22.6 Å². The summed E-state index contributed by atoms with van der Waals surface area (Å²) >= 11 is 1.70. The quantitative estimate of drug-likeness (QED) is 0.686. The van der Waals surface area contributed by atoms with E-state index >= 15 is 0 Å². The Balaban J connectivity index is 3.35. The van der Waals surface area contributed by atoms with Crippen LogP contribution in [0.4, 0.5) is 8.78 Å². The first-order valence-corrected chi connectivity index (χ1v) is 4.80. The van der Waals surface area contributed by atoms with Crippen LogP contribution in [0.2, 0.25) is 0 Å². The van der Waals surface area contributed by atoms with Crippen LogP contribution in [-0.2, 0) is 6.61 Å². The van der Waals surface area contributed by atoms with Gasteiger partial charge in [0.15, 0.2) is 0 Å². The monoisotopic (exact) mass is 315 g/mol. The lowest BCUT2D eigenvalue weighted by Gasteiger charge is -2.12. The number of hydrogen-bond acceptors (Lipinski definition) is 3. The summed E-state index contributed by atoms with van der Waals surface area (Å²) in [7, 11) is 1.35. The Hall–Kier alpha value is -0.500. The summed E-state index contributed by atoms with van der Waals surface area (Å²) in [5.74, 6) is 0.184. The van der Waals surface area contributed by atoms with Crippen molar-refractivity contribution in [2.75, 3.05) is 7.11 Å². The number of hydrogen-bond donors (Lipinski definition) is 1. The summed E-state index contributed by atoms with van der Waals surface area (Å²) in [5, 5.41) is 8.96. The van der Waals surface area contributed by atoms with E-state index in [9.17, 15) is 8.78 Å². The Morgan fingerprint density at radius 3 is 2.71 bits per heavy atom. The summed E-state index contributed by atoms with van der Waals surface area (Å²) in [6.45, 7) is -0.485. The van der Waals surface area contributed by atoms with E-state index in [-0.39, 0.29) is 20.6 Å². The smallest absolute Gasteiger partial charge is 0.266 e. The Morgan fingerprint density at radius 1 is 1.64 bits per heavy atom. The molecule has 14 heavy (non-hydrogen) atoms. The highest BCUT2D eigenvalue weighted by atomic mass is 127. The molecule has 0 radical (unpaired) electrons. The zero-order chi connectivity index (χ0) is 10.7. The normalized spacial score (nSPS) is 10.7. The van der Waals surface area contributed by atoms with Crippen LogP contribution in [0.25, 0.3) is 0 Å². The molecule has 0 atom stereocenters. The molecule has 3 nitrogen and oxygen atoms in total. The summed E-state index contributed by atoms with van der Waals surface area (Å²) in [4.78, 5) is 3.75. The van der Waals surface area contributed by atoms with E-state index in [0.717, 1.165) is 0 Å². The average molecular weight is 315 g/mol. The maximum atomic E-state index is 12.6. The average Bonchev–Trinajstić information content (AvgIpc) is 2.16. The molecular formula is C8H8F2INO2. The van der Waals surface area contributed by atoms with Crippen molar-refractivity contribution in [3.63, 3.8) is 0 Å². The van der Waals surface area contributed by atoms with Crippen LogP contribution in [0.5, 0.6) is 5.75 Å². The van der Waals surface area contributed by atoms with E-state index < -0.39 is 13.0 Å². The highest BCUT2D eigenvalue weighted by Gasteiger charge is 2.20. The van der Waals surface area contributed by atoms with Crippen LogP contribution in [0.1, 0.15) is 17.6 Å². The second kappa shape index (κ2) is 4.83. The van der Waals surface area contributed by atoms with Crippen molar-refractivity contribution in [3.05, 3.63) is 21.0 Å². The predicted octanol–water partition coefficient (Wildman–Crippen LogP) is 2.12. The van der Waals surface area contributed by atoms with Gasteiger partial charge in [-0.25, -0.2) is 13.8 Å². The lowest BCUT2D eigenvalue weighted by atomic mass is 10.1. The Morgan fingerprint density at radius 2 is 2.29 bits per heavy atom. The number of methoxy groups -OCH3 is 1. The fraction of sp³-hybridized carbons (Fsp3) is 0.375. The summed E-state index contributed by atoms with van der Waals surface area (Å²) in [6, 6.07) is 0. The molecule has 0 saturated carbocycles. The number of aliphatic hydroxyl groups is 1. The maximum Gasteiger partial charge on any atom is 0.266 e. The zero-order valence-corrected chi connectivity index (χ0v) is 9.46. The molecule has 0 fully saturated rings. The van der Waals surface area contributed by atoms with Gasteiger partial charge in [-0.15, -0.1) is 0 Å². The fourth-order valence-corrected chi connectivity index (χ4v) is 1.78. The van der Waals surface area contributed by atoms with Gasteiger partial charge in [0.2, 0.25) is 0 Å². The van der Waals surface area contributed by atoms with Crippen LogP contribution in [0, 0.1) is 3.70 Å². The maximum absolute atomic E-state index is 12.6. The predicted molar refractivity (Wildman–Crippen MR) is 54.4 cm³/mol. The van der Waals surface area contributed by atoms with Crippen molar-refractivity contribution in [1.29, 1.82) is 0 Å². The Bertz CT molecular complexity index is 333. The van der Waals surface area contributed by atoms with Crippen molar-refractivity contribution in [2.24, 2.45) is 0 Å². The first kappa shape index (κ1) is 11.6. The second-order valence-corrected chi connectivity index (χ2v) is 3.49. The first-order chi connectivity index (χ1) is 6.61. The number of aromatic nitrogens is 1. The third-order valence-electron chi connectivity index (χ3n) is 1.74. The van der Waals surface area contributed by atoms with Gasteiger partial charge in [-0.1, -0.05) is 0 Å². The molecule has 6 heteroatoms. The zero-order valence-electron chi connectivity index (χ0n) is 7.30. The van der Waals surface area contributed by atoms with Crippen molar-refractivity contribution in [3.8, 4) is 5.75 Å². The van der Waals surface area contributed by atoms with Gasteiger partial charge in [-0.3, -0.25) is 0 Å². The van der Waals surface area contributed by atoms with Crippen LogP contribution in [-0.4, -0.2) is 17.2 Å². The largest absolute Gasteiger partial charge is 0.495 e. The Labute approximate surface area is 93.2 Å². The van der Waals surface area contributed by atoms with Crippen LogP contribution in [0.15, 0.2) is 6.20 Å². The number of alkyl halides is 2. The molecule has 1 rings (SSSR count). The summed E-state index contributed by atoms with van der Waals surface area (Å²) in [5.41, 5.74) is -0.158. The standard InChI is InChI=1S/C8H8F2INO2/c1-14-5-2-12-8(11)6(7(9)10)4(5)3-13/h2,7,13H,3H2,1H3. The SMILES string of the molecule is COc1cnc(I)c(C(F)F)c1CO. The van der Waals surface area contributed by atoms with Gasteiger partial charge in [0.1, 0.15) is 9.45 Å². The Kier molecular flexibility index (Phi) is 3.99. The number of aliphatic hydroxyl groups excluding tert-OH is 1. The molecule has 0 aliphatic rings. The van der Waals surface area contributed by atoms with E-state index in [1.54, 1.807) is 22.6 Å². The molecule has 1 N–H and O–H groups in total. The minimum absolute atomic E-state index is 0.0990. The third kappa shape index (κ3) is 2.11. The fourth-order valence-electron chi connectivity index (χ4n) is 1.08. The topological polar surface area (TPSA) is 42.4 Å². The van der Waals surface area contributed by atoms with Gasteiger partial charge in [-0.2, -0.15) is 0 Å². The van der Waals surface area contributed by atoms with E-state index in [4.69, 9.17) is 9.84 Å². The molecule has 0 aliphatic carbocycles. The van der Waals surface area contributed by atoms with E-state index in [2.05, 4.69) is 4.98 Å². The number of ether oxygens (including phenoxy) is 1. The minimum Gasteiger partial charge on any atom is -0.495 e. The van der Waals surface area contributed by atoms with Crippen LogP contribution >= 0.6 is 22.6 Å². The number of nitrogens with zero attached hydrogens (tertiary/aromatic N) is 1. The molecule has 0 bridgehead atoms. The van der Waals surface area contributed by atoms with Gasteiger partial charge >= 0.3 is 0 Å². The molecule has 0 unspecified atom stereocenters. The third-order valence-corrected chi connectivity index (χ3v) is 2.60. The summed E-state index contributed by atoms with van der Waals surface area (Å²) in [6.07, 6.45) is -1.34. The van der Waals surface area contributed by atoms with Gasteiger partial charge in [0.25, 0.3) is 6.43 Å². The van der Waals surface area contributed by atoms with Gasteiger partial charge in [0, 0.05) is 5.56 Å².